The maximum Gasteiger partial charge on any atom is 0.133 e. The number of nitrogens with zero attached hydrogens (tertiary/aromatic N) is 1. The van der Waals surface area contributed by atoms with Gasteiger partial charge in [-0.25, -0.2) is 0 Å². The molecule has 1 atom stereocenters. The molecule has 0 bridgehead atoms. The zero-order chi connectivity index (χ0) is 13.7. The summed E-state index contributed by atoms with van der Waals surface area (Å²) < 4.78 is 6.20. The number of rotatable bonds is 5. The van der Waals surface area contributed by atoms with Crippen LogP contribution in [-0.4, -0.2) is 12.1 Å². The van der Waals surface area contributed by atoms with Crippen LogP contribution in [0.4, 0.5) is 0 Å². The zero-order valence-corrected chi connectivity index (χ0v) is 12.6. The lowest BCUT2D eigenvalue weighted by atomic mass is 10.1. The van der Waals surface area contributed by atoms with Crippen LogP contribution in [0.1, 0.15) is 24.1 Å². The Hall–Kier alpha value is -1.39. The Labute approximate surface area is 122 Å². The van der Waals surface area contributed by atoms with E-state index < -0.39 is 0 Å². The van der Waals surface area contributed by atoms with E-state index in [1.165, 1.54) is 11.1 Å². The molecule has 100 valence electrons. The number of hydrogen-bond acceptors (Lipinski definition) is 3. The van der Waals surface area contributed by atoms with Gasteiger partial charge >= 0.3 is 0 Å². The number of benzene rings is 1. The quantitative estimate of drug-likeness (QED) is 0.912. The zero-order valence-electron chi connectivity index (χ0n) is 11.1. The maximum absolute atomic E-state index is 5.22. The van der Waals surface area contributed by atoms with Crippen molar-refractivity contribution in [2.75, 3.05) is 7.11 Å². The molecule has 2 rings (SSSR count). The Morgan fingerprint density at radius 3 is 2.63 bits per heavy atom. The molecule has 0 aliphatic rings. The summed E-state index contributed by atoms with van der Waals surface area (Å²) >= 11 is 3.50. The molecule has 0 aliphatic carbocycles. The summed E-state index contributed by atoms with van der Waals surface area (Å²) in [5.41, 5.74) is 2.45. The van der Waals surface area contributed by atoms with Gasteiger partial charge in [-0.2, -0.15) is 0 Å². The molecule has 0 saturated heterocycles. The van der Waals surface area contributed by atoms with Gasteiger partial charge in [0.2, 0.25) is 0 Å². The van der Waals surface area contributed by atoms with E-state index in [1.54, 1.807) is 7.11 Å². The average molecular weight is 321 g/mol. The van der Waals surface area contributed by atoms with Gasteiger partial charge in [0.05, 0.1) is 11.6 Å². The minimum absolute atomic E-state index is 0.295. The molecule has 0 amide bonds. The molecule has 3 nitrogen and oxygen atoms in total. The molecule has 2 aromatic rings. The second kappa shape index (κ2) is 6.68. The molecule has 0 aliphatic heterocycles. The first-order chi connectivity index (χ1) is 9.20. The molecule has 19 heavy (non-hydrogen) atoms. The van der Waals surface area contributed by atoms with Gasteiger partial charge in [0.1, 0.15) is 5.75 Å². The molecule has 0 radical (unpaired) electrons. The summed E-state index contributed by atoms with van der Waals surface area (Å²) in [5.74, 6) is 0.853. The minimum atomic E-state index is 0.295. The molecule has 1 heterocycles. The molecular formula is C15H17BrN2O. The Morgan fingerprint density at radius 1 is 1.26 bits per heavy atom. The van der Waals surface area contributed by atoms with Crippen LogP contribution < -0.4 is 10.1 Å². The Balaban J connectivity index is 1.97. The lowest BCUT2D eigenvalue weighted by molar-refractivity contribution is 0.412. The number of aromatic nitrogens is 1. The molecular weight excluding hydrogens is 304 g/mol. The van der Waals surface area contributed by atoms with E-state index in [9.17, 15) is 0 Å². The number of ether oxygens (including phenoxy) is 1. The Bertz CT molecular complexity index is 531. The third-order valence-corrected chi connectivity index (χ3v) is 3.65. The highest BCUT2D eigenvalue weighted by Gasteiger charge is 2.05. The summed E-state index contributed by atoms with van der Waals surface area (Å²) in [6.45, 7) is 2.96. The summed E-state index contributed by atoms with van der Waals surface area (Å²) in [7, 11) is 1.67. The van der Waals surface area contributed by atoms with Crippen molar-refractivity contribution in [1.29, 1.82) is 0 Å². The first kappa shape index (κ1) is 14.0. The lowest BCUT2D eigenvalue weighted by Crippen LogP contribution is -2.18. The SMILES string of the molecule is COc1ccc(CNC(C)c2ccncc2)cc1Br. The van der Waals surface area contributed by atoms with Gasteiger partial charge in [-0.1, -0.05) is 6.07 Å². The van der Waals surface area contributed by atoms with Crippen molar-refractivity contribution < 1.29 is 4.74 Å². The van der Waals surface area contributed by atoms with Crippen molar-refractivity contribution in [2.24, 2.45) is 0 Å². The van der Waals surface area contributed by atoms with Crippen molar-refractivity contribution in [3.63, 3.8) is 0 Å². The van der Waals surface area contributed by atoms with Gasteiger partial charge in [0, 0.05) is 25.0 Å². The van der Waals surface area contributed by atoms with Crippen LogP contribution in [0.5, 0.6) is 5.75 Å². The van der Waals surface area contributed by atoms with E-state index in [1.807, 2.05) is 30.6 Å². The molecule has 1 aromatic heterocycles. The van der Waals surface area contributed by atoms with Gasteiger partial charge in [-0.05, 0) is 58.2 Å². The number of halogens is 1. The Morgan fingerprint density at radius 2 is 2.00 bits per heavy atom. The number of methoxy groups -OCH3 is 1. The summed E-state index contributed by atoms with van der Waals surface area (Å²) in [6.07, 6.45) is 3.63. The van der Waals surface area contributed by atoms with Crippen LogP contribution in [0, 0.1) is 0 Å². The fourth-order valence-corrected chi connectivity index (χ4v) is 2.45. The molecule has 0 spiro atoms. The Kier molecular flexibility index (Phi) is 4.93. The van der Waals surface area contributed by atoms with Crippen LogP contribution in [0.2, 0.25) is 0 Å². The minimum Gasteiger partial charge on any atom is -0.496 e. The van der Waals surface area contributed by atoms with Gasteiger partial charge in [0.25, 0.3) is 0 Å². The molecule has 1 N–H and O–H groups in total. The fourth-order valence-electron chi connectivity index (χ4n) is 1.86. The van der Waals surface area contributed by atoms with Gasteiger partial charge < -0.3 is 10.1 Å². The second-order valence-electron chi connectivity index (χ2n) is 4.35. The van der Waals surface area contributed by atoms with Gasteiger partial charge in [-0.3, -0.25) is 4.98 Å². The first-order valence-corrected chi connectivity index (χ1v) is 6.95. The first-order valence-electron chi connectivity index (χ1n) is 6.16. The van der Waals surface area contributed by atoms with Crippen molar-refractivity contribution in [3.8, 4) is 5.75 Å². The van der Waals surface area contributed by atoms with E-state index in [0.29, 0.717) is 6.04 Å². The monoisotopic (exact) mass is 320 g/mol. The lowest BCUT2D eigenvalue weighted by Gasteiger charge is -2.14. The highest BCUT2D eigenvalue weighted by atomic mass is 79.9. The topological polar surface area (TPSA) is 34.1 Å². The van der Waals surface area contributed by atoms with Gasteiger partial charge in [0.15, 0.2) is 0 Å². The predicted molar refractivity (Wildman–Crippen MR) is 80.2 cm³/mol. The predicted octanol–water partition coefficient (Wildman–Crippen LogP) is 3.70. The largest absolute Gasteiger partial charge is 0.496 e. The molecule has 0 saturated carbocycles. The number of hydrogen-bond donors (Lipinski definition) is 1. The van der Waals surface area contributed by atoms with E-state index in [4.69, 9.17) is 4.74 Å². The molecule has 1 aromatic carbocycles. The van der Waals surface area contributed by atoms with Crippen LogP contribution in [-0.2, 0) is 6.54 Å². The van der Waals surface area contributed by atoms with E-state index in [0.717, 1.165) is 16.8 Å². The summed E-state index contributed by atoms with van der Waals surface area (Å²) in [4.78, 5) is 4.03. The van der Waals surface area contributed by atoms with Crippen molar-refractivity contribution in [3.05, 3.63) is 58.3 Å². The van der Waals surface area contributed by atoms with Crippen LogP contribution in [0.15, 0.2) is 47.2 Å². The third kappa shape index (κ3) is 3.78. The number of nitrogens with one attached hydrogen (secondary N) is 1. The molecule has 0 fully saturated rings. The standard InChI is InChI=1S/C15H17BrN2O/c1-11(13-5-7-17-8-6-13)18-10-12-3-4-15(19-2)14(16)9-12/h3-9,11,18H,10H2,1-2H3. The third-order valence-electron chi connectivity index (χ3n) is 3.03. The van der Waals surface area contributed by atoms with Gasteiger partial charge in [-0.15, -0.1) is 0 Å². The number of pyridine rings is 1. The fraction of sp³-hybridized carbons (Fsp3) is 0.267. The highest BCUT2D eigenvalue weighted by molar-refractivity contribution is 9.10. The van der Waals surface area contributed by atoms with E-state index in [2.05, 4.69) is 45.3 Å². The average Bonchev–Trinajstić information content (AvgIpc) is 2.46. The van der Waals surface area contributed by atoms with Crippen LogP contribution in [0.25, 0.3) is 0 Å². The second-order valence-corrected chi connectivity index (χ2v) is 5.21. The van der Waals surface area contributed by atoms with E-state index >= 15 is 0 Å². The van der Waals surface area contributed by atoms with Crippen LogP contribution in [0.3, 0.4) is 0 Å². The van der Waals surface area contributed by atoms with Crippen molar-refractivity contribution in [2.45, 2.75) is 19.5 Å². The summed E-state index contributed by atoms with van der Waals surface area (Å²) in [5, 5.41) is 3.49. The molecule has 1 unspecified atom stereocenters. The maximum atomic E-state index is 5.22. The smallest absolute Gasteiger partial charge is 0.133 e. The van der Waals surface area contributed by atoms with Crippen molar-refractivity contribution >= 4 is 15.9 Å². The van der Waals surface area contributed by atoms with Crippen LogP contribution >= 0.6 is 15.9 Å². The molecule has 4 heteroatoms. The van der Waals surface area contributed by atoms with Crippen molar-refractivity contribution in [1.82, 2.24) is 10.3 Å². The highest BCUT2D eigenvalue weighted by Crippen LogP contribution is 2.25. The summed E-state index contributed by atoms with van der Waals surface area (Å²) in [6, 6.07) is 10.5. The normalized spacial score (nSPS) is 12.2. The van der Waals surface area contributed by atoms with E-state index in [-0.39, 0.29) is 0 Å².